The Morgan fingerprint density at radius 2 is 1.90 bits per heavy atom. The van der Waals surface area contributed by atoms with Gasteiger partial charge in [0.2, 0.25) is 0 Å². The van der Waals surface area contributed by atoms with Crippen LogP contribution in [0.4, 0.5) is 0 Å². The molecule has 0 bridgehead atoms. The molecule has 0 aromatic heterocycles. The van der Waals surface area contributed by atoms with E-state index in [-0.39, 0.29) is 16.4 Å². The smallest absolute Gasteiger partial charge is 0.152 e. The van der Waals surface area contributed by atoms with Crippen LogP contribution in [0.25, 0.3) is 0 Å². The van der Waals surface area contributed by atoms with E-state index >= 15 is 0 Å². The van der Waals surface area contributed by atoms with E-state index in [1.54, 1.807) is 13.8 Å². The van der Waals surface area contributed by atoms with Gasteiger partial charge in [0, 0.05) is 0 Å². The maximum atomic E-state index is 12.0. The third kappa shape index (κ3) is 3.23. The van der Waals surface area contributed by atoms with Crippen LogP contribution in [0.2, 0.25) is 0 Å². The fourth-order valence-corrected chi connectivity index (χ4v) is 4.14. The lowest BCUT2D eigenvalue weighted by molar-refractivity contribution is 0.246. The van der Waals surface area contributed by atoms with E-state index in [0.717, 1.165) is 19.3 Å². The molecule has 0 saturated carbocycles. The van der Waals surface area contributed by atoms with Crippen molar-refractivity contribution in [2.75, 3.05) is 12.3 Å². The van der Waals surface area contributed by atoms with Crippen molar-refractivity contribution in [1.82, 2.24) is 0 Å². The van der Waals surface area contributed by atoms with Crippen LogP contribution in [0.15, 0.2) is 24.3 Å². The molecule has 1 aromatic carbocycles. The van der Waals surface area contributed by atoms with E-state index in [1.807, 2.05) is 0 Å². The molecule has 20 heavy (non-hydrogen) atoms. The zero-order chi connectivity index (χ0) is 14.8. The zero-order valence-electron chi connectivity index (χ0n) is 12.4. The molecule has 112 valence electrons. The highest BCUT2D eigenvalue weighted by Gasteiger charge is 2.34. The number of fused-ring (bicyclic) bond motifs is 1. The molecular weight excluding hydrogens is 270 g/mol. The molecular formula is C16H25NO2S. The van der Waals surface area contributed by atoms with Crippen molar-refractivity contribution in [3.8, 4) is 0 Å². The summed E-state index contributed by atoms with van der Waals surface area (Å²) in [6.07, 6.45) is 3.59. The summed E-state index contributed by atoms with van der Waals surface area (Å²) in [4.78, 5) is 0. The number of hydrogen-bond acceptors (Lipinski definition) is 3. The molecule has 0 fully saturated rings. The molecule has 2 rings (SSSR count). The average Bonchev–Trinajstić information content (AvgIpc) is 2.45. The second kappa shape index (κ2) is 5.86. The summed E-state index contributed by atoms with van der Waals surface area (Å²) in [5.41, 5.74) is 8.69. The van der Waals surface area contributed by atoms with Crippen LogP contribution < -0.4 is 5.73 Å². The highest BCUT2D eigenvalue weighted by atomic mass is 32.2. The second-order valence-corrected chi connectivity index (χ2v) is 8.99. The summed E-state index contributed by atoms with van der Waals surface area (Å²) >= 11 is 0. The topological polar surface area (TPSA) is 60.2 Å². The van der Waals surface area contributed by atoms with Gasteiger partial charge in [-0.1, -0.05) is 24.3 Å². The van der Waals surface area contributed by atoms with Crippen LogP contribution in [0.3, 0.4) is 0 Å². The number of benzene rings is 1. The predicted octanol–water partition coefficient (Wildman–Crippen LogP) is 2.33. The van der Waals surface area contributed by atoms with Gasteiger partial charge >= 0.3 is 0 Å². The first-order valence-corrected chi connectivity index (χ1v) is 9.08. The molecule has 0 radical (unpaired) electrons. The van der Waals surface area contributed by atoms with Gasteiger partial charge in [0.05, 0.1) is 11.0 Å². The van der Waals surface area contributed by atoms with Crippen molar-refractivity contribution in [3.63, 3.8) is 0 Å². The van der Waals surface area contributed by atoms with Crippen LogP contribution >= 0.6 is 0 Å². The minimum Gasteiger partial charge on any atom is -0.330 e. The first-order valence-electron chi connectivity index (χ1n) is 7.37. The van der Waals surface area contributed by atoms with Crippen LogP contribution in [0, 0.1) is 5.41 Å². The highest BCUT2D eigenvalue weighted by molar-refractivity contribution is 7.91. The normalized spacial score (nSPS) is 22.8. The zero-order valence-corrected chi connectivity index (χ0v) is 13.2. The monoisotopic (exact) mass is 295 g/mol. The summed E-state index contributed by atoms with van der Waals surface area (Å²) in [7, 11) is -2.98. The highest BCUT2D eigenvalue weighted by Crippen LogP contribution is 2.38. The molecule has 1 unspecified atom stereocenters. The third-order valence-electron chi connectivity index (χ3n) is 4.68. The summed E-state index contributed by atoms with van der Waals surface area (Å²) in [6.45, 7) is 4.07. The van der Waals surface area contributed by atoms with E-state index in [0.29, 0.717) is 13.0 Å². The summed E-state index contributed by atoms with van der Waals surface area (Å²) in [5, 5.41) is -0.298. The Morgan fingerprint density at radius 1 is 1.25 bits per heavy atom. The molecule has 1 aromatic rings. The van der Waals surface area contributed by atoms with Crippen LogP contribution in [0.1, 0.15) is 37.8 Å². The number of nitrogens with two attached hydrogens (primary N) is 1. The van der Waals surface area contributed by atoms with E-state index in [4.69, 9.17) is 5.73 Å². The van der Waals surface area contributed by atoms with E-state index in [1.165, 1.54) is 11.1 Å². The Morgan fingerprint density at radius 3 is 2.50 bits per heavy atom. The Hall–Kier alpha value is -0.870. The molecule has 0 amide bonds. The SMILES string of the molecule is CC(C)S(=O)(=O)CCC1(CN)CCc2ccccc2C1. The average molecular weight is 295 g/mol. The molecule has 0 spiro atoms. The summed E-state index contributed by atoms with van der Waals surface area (Å²) in [5.74, 6) is 0.254. The van der Waals surface area contributed by atoms with Gasteiger partial charge in [-0.15, -0.1) is 0 Å². The van der Waals surface area contributed by atoms with Gasteiger partial charge in [-0.25, -0.2) is 8.42 Å². The van der Waals surface area contributed by atoms with Crippen molar-refractivity contribution < 1.29 is 8.42 Å². The standard InChI is InChI=1S/C16H25NO2S/c1-13(2)20(18,19)10-9-16(12-17)8-7-14-5-3-4-6-15(14)11-16/h3-6,13H,7-12,17H2,1-2H3. The minimum atomic E-state index is -2.98. The molecule has 0 saturated heterocycles. The fourth-order valence-electron chi connectivity index (χ4n) is 2.95. The van der Waals surface area contributed by atoms with Gasteiger partial charge in [0.1, 0.15) is 0 Å². The molecule has 0 heterocycles. The van der Waals surface area contributed by atoms with Crippen LogP contribution in [-0.4, -0.2) is 26.0 Å². The van der Waals surface area contributed by atoms with Crippen LogP contribution in [-0.2, 0) is 22.7 Å². The molecule has 0 aliphatic heterocycles. The maximum Gasteiger partial charge on any atom is 0.152 e. The maximum absolute atomic E-state index is 12.0. The molecule has 1 aliphatic rings. The van der Waals surface area contributed by atoms with Crippen molar-refractivity contribution >= 4 is 9.84 Å². The van der Waals surface area contributed by atoms with E-state index < -0.39 is 9.84 Å². The summed E-state index contributed by atoms with van der Waals surface area (Å²) in [6, 6.07) is 8.43. The minimum absolute atomic E-state index is 0.0453. The third-order valence-corrected chi connectivity index (χ3v) is 6.89. The van der Waals surface area contributed by atoms with Crippen LogP contribution in [0.5, 0.6) is 0 Å². The van der Waals surface area contributed by atoms with Crippen molar-refractivity contribution in [2.45, 2.75) is 44.8 Å². The number of hydrogen-bond donors (Lipinski definition) is 1. The van der Waals surface area contributed by atoms with Gasteiger partial charge < -0.3 is 5.73 Å². The van der Waals surface area contributed by atoms with Gasteiger partial charge in [-0.05, 0) is 62.6 Å². The number of aryl methyl sites for hydroxylation is 1. The fraction of sp³-hybridized carbons (Fsp3) is 0.625. The Labute approximate surface area is 122 Å². The van der Waals surface area contributed by atoms with E-state index in [9.17, 15) is 8.42 Å². The van der Waals surface area contributed by atoms with Crippen molar-refractivity contribution in [1.29, 1.82) is 0 Å². The Kier molecular flexibility index (Phi) is 4.55. The lowest BCUT2D eigenvalue weighted by Gasteiger charge is -2.37. The first kappa shape index (κ1) is 15.5. The first-order chi connectivity index (χ1) is 9.38. The van der Waals surface area contributed by atoms with Gasteiger partial charge in [-0.2, -0.15) is 0 Å². The molecule has 3 nitrogen and oxygen atoms in total. The van der Waals surface area contributed by atoms with Gasteiger partial charge in [-0.3, -0.25) is 0 Å². The Bertz CT molecular complexity index is 566. The molecule has 1 aliphatic carbocycles. The largest absolute Gasteiger partial charge is 0.330 e. The summed E-state index contributed by atoms with van der Waals surface area (Å²) < 4.78 is 24.1. The molecule has 4 heteroatoms. The lowest BCUT2D eigenvalue weighted by atomic mass is 9.70. The van der Waals surface area contributed by atoms with Crippen molar-refractivity contribution in [3.05, 3.63) is 35.4 Å². The van der Waals surface area contributed by atoms with Crippen molar-refractivity contribution in [2.24, 2.45) is 11.1 Å². The number of sulfone groups is 1. The quantitative estimate of drug-likeness (QED) is 0.907. The predicted molar refractivity (Wildman–Crippen MR) is 83.5 cm³/mol. The molecule has 2 N–H and O–H groups in total. The number of rotatable bonds is 5. The Balaban J connectivity index is 2.13. The second-order valence-electron chi connectivity index (χ2n) is 6.32. The molecule has 1 atom stereocenters. The van der Waals surface area contributed by atoms with Gasteiger partial charge in [0.25, 0.3) is 0 Å². The lowest BCUT2D eigenvalue weighted by Crippen LogP contribution is -2.38. The van der Waals surface area contributed by atoms with E-state index in [2.05, 4.69) is 24.3 Å². The van der Waals surface area contributed by atoms with Gasteiger partial charge in [0.15, 0.2) is 9.84 Å².